The van der Waals surface area contributed by atoms with Gasteiger partial charge < -0.3 is 9.84 Å². The SMILES string of the molecule is CCOC(=O)C1=C(C)N=c2s/c(=C\Cc3cc(Cl)ccc3O)c(=O)n2[C@H]1c1ccccc1Cl. The lowest BCUT2D eigenvalue weighted by Gasteiger charge is -2.25. The number of fused-ring (bicyclic) bond motifs is 1. The molecule has 0 unspecified atom stereocenters. The number of allylic oxidation sites excluding steroid dienone is 1. The smallest absolute Gasteiger partial charge is 0.338 e. The Morgan fingerprint density at radius 1 is 1.27 bits per heavy atom. The van der Waals surface area contributed by atoms with E-state index in [9.17, 15) is 14.7 Å². The van der Waals surface area contributed by atoms with Crippen LogP contribution in [0.15, 0.2) is 63.5 Å². The van der Waals surface area contributed by atoms with Crippen LogP contribution in [-0.2, 0) is 16.0 Å². The average Bonchev–Trinajstić information content (AvgIpc) is 3.09. The number of benzene rings is 2. The zero-order valence-corrected chi connectivity index (χ0v) is 20.2. The number of halogens is 2. The summed E-state index contributed by atoms with van der Waals surface area (Å²) >= 11 is 13.7. The Labute approximate surface area is 203 Å². The summed E-state index contributed by atoms with van der Waals surface area (Å²) in [4.78, 5) is 31.3. The van der Waals surface area contributed by atoms with Crippen molar-refractivity contribution in [3.05, 3.63) is 94.6 Å². The van der Waals surface area contributed by atoms with E-state index in [-0.39, 0.29) is 23.5 Å². The lowest BCUT2D eigenvalue weighted by Crippen LogP contribution is -2.40. The number of phenols is 1. The van der Waals surface area contributed by atoms with Gasteiger partial charge in [0.15, 0.2) is 4.80 Å². The van der Waals surface area contributed by atoms with Crippen LogP contribution in [0.5, 0.6) is 5.75 Å². The minimum absolute atomic E-state index is 0.0952. The number of ether oxygens (including phenoxy) is 1. The molecule has 170 valence electrons. The summed E-state index contributed by atoms with van der Waals surface area (Å²) in [6.45, 7) is 3.63. The van der Waals surface area contributed by atoms with Crippen LogP contribution in [0.3, 0.4) is 0 Å². The number of thiazole rings is 1. The molecule has 0 spiro atoms. The number of carbonyl (C=O) groups is 1. The second-order valence-electron chi connectivity index (χ2n) is 7.36. The molecule has 0 aliphatic carbocycles. The molecule has 1 aromatic heterocycles. The largest absolute Gasteiger partial charge is 0.508 e. The summed E-state index contributed by atoms with van der Waals surface area (Å²) in [6.07, 6.45) is 2.03. The van der Waals surface area contributed by atoms with Crippen molar-refractivity contribution in [1.29, 1.82) is 0 Å². The third-order valence-corrected chi connectivity index (χ3v) is 6.88. The fourth-order valence-electron chi connectivity index (χ4n) is 3.74. The zero-order chi connectivity index (χ0) is 23.7. The summed E-state index contributed by atoms with van der Waals surface area (Å²) < 4.78 is 7.19. The van der Waals surface area contributed by atoms with Crippen molar-refractivity contribution in [2.24, 2.45) is 4.99 Å². The Morgan fingerprint density at radius 3 is 2.76 bits per heavy atom. The van der Waals surface area contributed by atoms with Crippen LogP contribution in [0.1, 0.15) is 31.0 Å². The van der Waals surface area contributed by atoms with Crippen LogP contribution < -0.4 is 14.9 Å². The summed E-state index contributed by atoms with van der Waals surface area (Å²) in [7, 11) is 0. The van der Waals surface area contributed by atoms with Gasteiger partial charge in [-0.15, -0.1) is 0 Å². The number of aromatic nitrogens is 1. The van der Waals surface area contributed by atoms with Crippen LogP contribution in [0.4, 0.5) is 0 Å². The average molecular weight is 503 g/mol. The summed E-state index contributed by atoms with van der Waals surface area (Å²) in [6, 6.07) is 11.1. The fourth-order valence-corrected chi connectivity index (χ4v) is 5.19. The first-order valence-electron chi connectivity index (χ1n) is 10.2. The molecule has 1 atom stereocenters. The maximum Gasteiger partial charge on any atom is 0.338 e. The molecule has 0 amide bonds. The highest BCUT2D eigenvalue weighted by molar-refractivity contribution is 7.07. The van der Waals surface area contributed by atoms with Gasteiger partial charge in [-0.2, -0.15) is 0 Å². The maximum absolute atomic E-state index is 13.5. The molecule has 0 saturated heterocycles. The van der Waals surface area contributed by atoms with E-state index in [1.165, 1.54) is 22.0 Å². The summed E-state index contributed by atoms with van der Waals surface area (Å²) in [5.74, 6) is -0.445. The molecule has 33 heavy (non-hydrogen) atoms. The number of esters is 1. The predicted molar refractivity (Wildman–Crippen MR) is 130 cm³/mol. The monoisotopic (exact) mass is 502 g/mol. The van der Waals surface area contributed by atoms with Crippen molar-refractivity contribution >= 4 is 46.6 Å². The molecular weight excluding hydrogens is 483 g/mol. The van der Waals surface area contributed by atoms with Gasteiger partial charge in [-0.05, 0) is 55.7 Å². The van der Waals surface area contributed by atoms with E-state index in [2.05, 4.69) is 4.99 Å². The topological polar surface area (TPSA) is 80.9 Å². The van der Waals surface area contributed by atoms with E-state index in [0.29, 0.717) is 42.6 Å². The highest BCUT2D eigenvalue weighted by Gasteiger charge is 2.34. The van der Waals surface area contributed by atoms with Gasteiger partial charge in [-0.3, -0.25) is 9.36 Å². The summed E-state index contributed by atoms with van der Waals surface area (Å²) in [5, 5.41) is 11.0. The van der Waals surface area contributed by atoms with Crippen molar-refractivity contribution in [2.75, 3.05) is 6.61 Å². The Morgan fingerprint density at radius 2 is 2.03 bits per heavy atom. The van der Waals surface area contributed by atoms with Crippen molar-refractivity contribution in [1.82, 2.24) is 4.57 Å². The van der Waals surface area contributed by atoms with E-state index in [1.807, 2.05) is 0 Å². The Bertz CT molecular complexity index is 1460. The standard InChI is InChI=1S/C24H20Cl2N2O4S/c1-3-32-23(31)20-13(2)27-24-28(21(20)16-6-4-5-7-17(16)26)22(30)19(33-24)11-8-14-12-15(25)9-10-18(14)29/h4-7,9-12,21,29H,3,8H2,1-2H3/b19-11-/t21-/m0/s1. The Balaban J connectivity index is 1.89. The van der Waals surface area contributed by atoms with Crippen LogP contribution in [-0.4, -0.2) is 22.2 Å². The van der Waals surface area contributed by atoms with Crippen molar-refractivity contribution in [2.45, 2.75) is 26.3 Å². The molecule has 4 rings (SSSR count). The van der Waals surface area contributed by atoms with Crippen LogP contribution in [0.2, 0.25) is 10.0 Å². The van der Waals surface area contributed by atoms with Crippen LogP contribution in [0.25, 0.3) is 6.08 Å². The number of aromatic hydroxyl groups is 1. The van der Waals surface area contributed by atoms with Gasteiger partial charge in [-0.25, -0.2) is 9.79 Å². The molecule has 0 saturated carbocycles. The quantitative estimate of drug-likeness (QED) is 0.534. The third kappa shape index (κ3) is 4.49. The summed E-state index contributed by atoms with van der Waals surface area (Å²) in [5.41, 5.74) is 1.64. The first-order valence-corrected chi connectivity index (χ1v) is 11.8. The van der Waals surface area contributed by atoms with E-state index >= 15 is 0 Å². The molecule has 0 bridgehead atoms. The van der Waals surface area contributed by atoms with Gasteiger partial charge in [0.05, 0.1) is 22.4 Å². The number of phenolic OH excluding ortho intramolecular Hbond substituents is 1. The van der Waals surface area contributed by atoms with Crippen molar-refractivity contribution in [3.63, 3.8) is 0 Å². The number of hydrogen-bond donors (Lipinski definition) is 1. The Kier molecular flexibility index (Phi) is 6.74. The van der Waals surface area contributed by atoms with Gasteiger partial charge in [0.25, 0.3) is 5.56 Å². The van der Waals surface area contributed by atoms with Crippen LogP contribution >= 0.6 is 34.5 Å². The van der Waals surface area contributed by atoms with Gasteiger partial charge in [0, 0.05) is 10.0 Å². The van der Waals surface area contributed by atoms with Crippen molar-refractivity contribution < 1.29 is 14.6 Å². The maximum atomic E-state index is 13.5. The molecule has 1 N–H and O–H groups in total. The zero-order valence-electron chi connectivity index (χ0n) is 17.8. The molecule has 9 heteroatoms. The fraction of sp³-hybridized carbons (Fsp3) is 0.208. The minimum Gasteiger partial charge on any atom is -0.508 e. The predicted octanol–water partition coefficient (Wildman–Crippen LogP) is 4.01. The number of rotatable bonds is 5. The van der Waals surface area contributed by atoms with Gasteiger partial charge in [0.2, 0.25) is 0 Å². The lowest BCUT2D eigenvalue weighted by atomic mass is 9.96. The highest BCUT2D eigenvalue weighted by Crippen LogP contribution is 2.34. The molecule has 1 aliphatic heterocycles. The second-order valence-corrected chi connectivity index (χ2v) is 9.21. The number of carbonyl (C=O) groups excluding carboxylic acids is 1. The third-order valence-electron chi connectivity index (χ3n) is 5.27. The van der Waals surface area contributed by atoms with E-state index < -0.39 is 12.0 Å². The molecular formula is C24H20Cl2N2O4S. The van der Waals surface area contributed by atoms with E-state index in [1.54, 1.807) is 56.3 Å². The van der Waals surface area contributed by atoms with Crippen LogP contribution in [0, 0.1) is 0 Å². The second kappa shape index (κ2) is 9.55. The number of hydrogen-bond acceptors (Lipinski definition) is 6. The molecule has 0 radical (unpaired) electrons. The van der Waals surface area contributed by atoms with E-state index in [0.717, 1.165) is 0 Å². The van der Waals surface area contributed by atoms with Gasteiger partial charge in [-0.1, -0.05) is 58.8 Å². The van der Waals surface area contributed by atoms with E-state index in [4.69, 9.17) is 27.9 Å². The normalized spacial score (nSPS) is 15.9. The van der Waals surface area contributed by atoms with Gasteiger partial charge in [0.1, 0.15) is 11.8 Å². The van der Waals surface area contributed by atoms with Gasteiger partial charge >= 0.3 is 5.97 Å². The molecule has 2 heterocycles. The molecule has 6 nitrogen and oxygen atoms in total. The minimum atomic E-state index is -0.768. The first-order chi connectivity index (χ1) is 15.8. The molecule has 3 aromatic rings. The number of nitrogens with zero attached hydrogens (tertiary/aromatic N) is 2. The van der Waals surface area contributed by atoms with Crippen molar-refractivity contribution in [3.8, 4) is 5.75 Å². The molecule has 1 aliphatic rings. The lowest BCUT2D eigenvalue weighted by molar-refractivity contribution is -0.139. The highest BCUT2D eigenvalue weighted by atomic mass is 35.5. The molecule has 0 fully saturated rings. The first kappa shape index (κ1) is 23.3. The Hall–Kier alpha value is -2.87. The molecule has 2 aromatic carbocycles.